The summed E-state index contributed by atoms with van der Waals surface area (Å²) in [4.78, 5) is 25.5. The van der Waals surface area contributed by atoms with Gasteiger partial charge < -0.3 is 9.15 Å². The van der Waals surface area contributed by atoms with Gasteiger partial charge in [-0.15, -0.1) is 5.10 Å². The molecular weight excluding hydrogens is 444 g/mol. The Morgan fingerprint density at radius 2 is 1.97 bits per heavy atom. The van der Waals surface area contributed by atoms with Crippen LogP contribution in [0, 0.1) is 10.1 Å². The van der Waals surface area contributed by atoms with E-state index < -0.39 is 4.92 Å². The number of nitro groups is 1. The lowest BCUT2D eigenvalue weighted by Crippen LogP contribution is -2.28. The highest BCUT2D eigenvalue weighted by Gasteiger charge is 2.34. The van der Waals surface area contributed by atoms with E-state index in [0.717, 1.165) is 11.3 Å². The molecule has 2 heterocycles. The predicted octanol–water partition coefficient (Wildman–Crippen LogP) is 4.70. The topological polar surface area (TPSA) is 111 Å². The Morgan fingerprint density at radius 1 is 1.15 bits per heavy atom. The number of hydrogen-bond acceptors (Lipinski definition) is 8. The van der Waals surface area contributed by atoms with Gasteiger partial charge in [-0.05, 0) is 47.7 Å². The van der Waals surface area contributed by atoms with Crippen LogP contribution in [0.2, 0.25) is 0 Å². The van der Waals surface area contributed by atoms with E-state index in [2.05, 4.69) is 10.2 Å². The summed E-state index contributed by atoms with van der Waals surface area (Å²) in [5.74, 6) is 1.10. The molecule has 1 saturated heterocycles. The Labute approximate surface area is 193 Å². The number of carbonyl (C=O) groups excluding carboxylic acids is 1. The number of furan rings is 1. The third-order valence-corrected chi connectivity index (χ3v) is 5.62. The van der Waals surface area contributed by atoms with Crippen LogP contribution in [-0.4, -0.2) is 34.2 Å². The molecule has 0 unspecified atom stereocenters. The van der Waals surface area contributed by atoms with Gasteiger partial charge in [0.15, 0.2) is 5.17 Å². The number of nitrogens with zero attached hydrogens (tertiary/aromatic N) is 4. The first kappa shape index (κ1) is 22.0. The molecule has 1 aliphatic heterocycles. The van der Waals surface area contributed by atoms with Crippen molar-refractivity contribution in [2.45, 2.75) is 6.54 Å². The lowest BCUT2D eigenvalue weighted by molar-refractivity contribution is -0.384. The molecule has 2 aromatic carbocycles. The van der Waals surface area contributed by atoms with Crippen LogP contribution in [-0.2, 0) is 11.3 Å². The van der Waals surface area contributed by atoms with Gasteiger partial charge in [-0.3, -0.25) is 19.8 Å². The van der Waals surface area contributed by atoms with Crippen molar-refractivity contribution in [1.29, 1.82) is 0 Å². The van der Waals surface area contributed by atoms with Gasteiger partial charge in [0.2, 0.25) is 0 Å². The first-order valence-corrected chi connectivity index (χ1v) is 10.6. The van der Waals surface area contributed by atoms with Crippen molar-refractivity contribution in [2.75, 3.05) is 7.11 Å². The van der Waals surface area contributed by atoms with Gasteiger partial charge in [-0.2, -0.15) is 5.10 Å². The van der Waals surface area contributed by atoms with Crippen LogP contribution in [0.1, 0.15) is 16.9 Å². The molecule has 3 aromatic rings. The van der Waals surface area contributed by atoms with Crippen molar-refractivity contribution in [3.8, 4) is 5.75 Å². The third kappa shape index (κ3) is 5.36. The molecule has 0 atom stereocenters. The second kappa shape index (κ2) is 9.96. The molecule has 0 N–H and O–H groups in total. The number of nitro benzene ring substituents is 1. The van der Waals surface area contributed by atoms with Gasteiger partial charge >= 0.3 is 0 Å². The molecule has 1 amide bonds. The molecule has 10 heteroatoms. The number of thioether (sulfide) groups is 1. The molecule has 0 saturated carbocycles. The normalized spacial score (nSPS) is 16.3. The van der Waals surface area contributed by atoms with E-state index in [-0.39, 0.29) is 18.1 Å². The summed E-state index contributed by atoms with van der Waals surface area (Å²) in [5.41, 5.74) is 1.32. The smallest absolute Gasteiger partial charge is 0.270 e. The first-order valence-electron chi connectivity index (χ1n) is 9.77. The fraction of sp³-hybridized carbons (Fsp3) is 0.0870. The molecule has 0 spiro atoms. The number of ether oxygens (including phenoxy) is 1. The summed E-state index contributed by atoms with van der Waals surface area (Å²) in [5, 5.41) is 19.6. The minimum absolute atomic E-state index is 0.0406. The van der Waals surface area contributed by atoms with Gasteiger partial charge in [0.05, 0.1) is 36.0 Å². The maximum Gasteiger partial charge on any atom is 0.270 e. The van der Waals surface area contributed by atoms with Gasteiger partial charge in [0.1, 0.15) is 11.5 Å². The fourth-order valence-electron chi connectivity index (χ4n) is 3.00. The molecule has 4 rings (SSSR count). The van der Waals surface area contributed by atoms with Crippen LogP contribution >= 0.6 is 11.8 Å². The Hall–Kier alpha value is -4.18. The highest BCUT2D eigenvalue weighted by Crippen LogP contribution is 2.34. The molecule has 0 radical (unpaired) electrons. The first-order chi connectivity index (χ1) is 16.0. The summed E-state index contributed by atoms with van der Waals surface area (Å²) in [6.45, 7) is 0.198. The van der Waals surface area contributed by atoms with Crippen LogP contribution in [0.25, 0.3) is 6.08 Å². The van der Waals surface area contributed by atoms with Gasteiger partial charge in [-0.25, -0.2) is 0 Å². The van der Waals surface area contributed by atoms with Crippen molar-refractivity contribution >= 4 is 40.8 Å². The molecule has 1 aromatic heterocycles. The van der Waals surface area contributed by atoms with Gasteiger partial charge in [0.25, 0.3) is 11.6 Å². The van der Waals surface area contributed by atoms with E-state index in [4.69, 9.17) is 9.15 Å². The molecule has 1 aliphatic rings. The van der Waals surface area contributed by atoms with E-state index in [0.29, 0.717) is 21.4 Å². The second-order valence-corrected chi connectivity index (χ2v) is 7.84. The van der Waals surface area contributed by atoms with Crippen LogP contribution in [0.3, 0.4) is 0 Å². The van der Waals surface area contributed by atoms with Crippen molar-refractivity contribution in [1.82, 2.24) is 4.90 Å². The zero-order chi connectivity index (χ0) is 23.2. The Morgan fingerprint density at radius 3 is 2.67 bits per heavy atom. The van der Waals surface area contributed by atoms with Crippen molar-refractivity contribution in [3.63, 3.8) is 0 Å². The van der Waals surface area contributed by atoms with E-state index in [1.165, 1.54) is 41.3 Å². The summed E-state index contributed by atoms with van der Waals surface area (Å²) >= 11 is 1.19. The van der Waals surface area contributed by atoms with Gasteiger partial charge in [-0.1, -0.05) is 24.3 Å². The maximum atomic E-state index is 13.1. The lowest BCUT2D eigenvalue weighted by atomic mass is 10.2. The predicted molar refractivity (Wildman–Crippen MR) is 126 cm³/mol. The summed E-state index contributed by atoms with van der Waals surface area (Å²) < 4.78 is 10.6. The highest BCUT2D eigenvalue weighted by molar-refractivity contribution is 8.18. The SMILES string of the molecule is COc1ccc(/C=C2\S/C(=N\N=C\c3cccc([N+](=O)[O-])c3)N(Cc3ccco3)C2=O)cc1. The summed E-state index contributed by atoms with van der Waals surface area (Å²) in [7, 11) is 1.59. The number of benzene rings is 2. The zero-order valence-corrected chi connectivity index (χ0v) is 18.3. The minimum Gasteiger partial charge on any atom is -0.497 e. The number of rotatable bonds is 7. The third-order valence-electron chi connectivity index (χ3n) is 4.63. The van der Waals surface area contributed by atoms with E-state index in [1.807, 2.05) is 24.3 Å². The quantitative estimate of drug-likeness (QED) is 0.218. The Kier molecular flexibility index (Phi) is 6.65. The molecule has 1 fully saturated rings. The molecule has 9 nitrogen and oxygen atoms in total. The fourth-order valence-corrected chi connectivity index (χ4v) is 3.93. The number of carbonyl (C=O) groups is 1. The number of hydrogen-bond donors (Lipinski definition) is 0. The van der Waals surface area contributed by atoms with Crippen LogP contribution < -0.4 is 4.74 Å². The molecule has 166 valence electrons. The van der Waals surface area contributed by atoms with Crippen molar-refractivity contribution in [3.05, 3.63) is 98.8 Å². The molecule has 0 bridgehead atoms. The minimum atomic E-state index is -0.476. The zero-order valence-electron chi connectivity index (χ0n) is 17.5. The van der Waals surface area contributed by atoms with E-state index in [9.17, 15) is 14.9 Å². The number of amides is 1. The van der Waals surface area contributed by atoms with E-state index >= 15 is 0 Å². The molecule has 33 heavy (non-hydrogen) atoms. The largest absolute Gasteiger partial charge is 0.497 e. The average Bonchev–Trinajstić information content (AvgIpc) is 3.44. The standard InChI is InChI=1S/C23H18N4O5S/c1-31-19-9-7-16(8-10-19)13-21-22(28)26(15-20-6-3-11-32-20)23(33-21)25-24-14-17-4-2-5-18(12-17)27(29)30/h2-14H,15H2,1H3/b21-13-,24-14+,25-23-. The number of methoxy groups -OCH3 is 1. The lowest BCUT2D eigenvalue weighted by Gasteiger charge is -2.12. The summed E-state index contributed by atoms with van der Waals surface area (Å²) in [6.07, 6.45) is 4.71. The summed E-state index contributed by atoms with van der Waals surface area (Å²) in [6, 6.07) is 16.9. The molecular formula is C23H18N4O5S. The highest BCUT2D eigenvalue weighted by atomic mass is 32.2. The monoisotopic (exact) mass is 462 g/mol. The van der Waals surface area contributed by atoms with Gasteiger partial charge in [0, 0.05) is 17.7 Å². The van der Waals surface area contributed by atoms with Crippen molar-refractivity contribution < 1.29 is 18.9 Å². The van der Waals surface area contributed by atoms with Crippen LogP contribution in [0.4, 0.5) is 5.69 Å². The maximum absolute atomic E-state index is 13.1. The number of amidine groups is 1. The Balaban J connectivity index is 1.60. The Bertz CT molecular complexity index is 1250. The van der Waals surface area contributed by atoms with Crippen molar-refractivity contribution in [2.24, 2.45) is 10.2 Å². The van der Waals surface area contributed by atoms with Crippen LogP contribution in [0.5, 0.6) is 5.75 Å². The van der Waals surface area contributed by atoms with E-state index in [1.54, 1.807) is 37.5 Å². The van der Waals surface area contributed by atoms with Crippen LogP contribution in [0.15, 0.2) is 86.5 Å². The second-order valence-electron chi connectivity index (χ2n) is 6.83. The average molecular weight is 462 g/mol. The number of non-ortho nitro benzene ring substituents is 1. The molecule has 0 aliphatic carbocycles.